The molecule has 20 heavy (non-hydrogen) atoms. The van der Waals surface area contributed by atoms with Gasteiger partial charge in [-0.05, 0) is 28.4 Å². The van der Waals surface area contributed by atoms with Gasteiger partial charge in [0.15, 0.2) is 0 Å². The lowest BCUT2D eigenvalue weighted by atomic mass is 10.2. The first kappa shape index (κ1) is 17.2. The average Bonchev–Trinajstić information content (AvgIpc) is 2.27. The minimum absolute atomic E-state index is 0.143. The highest BCUT2D eigenvalue weighted by molar-refractivity contribution is 9.10. The summed E-state index contributed by atoms with van der Waals surface area (Å²) in [6, 6.07) is 0.935. The van der Waals surface area contributed by atoms with Crippen LogP contribution in [0.4, 0.5) is 19.0 Å². The Kier molecular flexibility index (Phi) is 5.78. The highest BCUT2D eigenvalue weighted by Crippen LogP contribution is 2.35. The number of sulfonamides is 1. The normalized spacial score (nSPS) is 12.4. The van der Waals surface area contributed by atoms with Gasteiger partial charge in [-0.1, -0.05) is 0 Å². The monoisotopic (exact) mass is 375 g/mol. The molecule has 0 radical (unpaired) electrons. The zero-order chi connectivity index (χ0) is 15.4. The number of rotatable bonds is 6. The number of halogens is 4. The third-order valence-electron chi connectivity index (χ3n) is 2.17. The summed E-state index contributed by atoms with van der Waals surface area (Å²) in [5.74, 6) is -0.278. The first-order valence-corrected chi connectivity index (χ1v) is 8.19. The summed E-state index contributed by atoms with van der Waals surface area (Å²) in [5.41, 5.74) is -0.872. The molecule has 10 heteroatoms. The molecule has 0 saturated heterocycles. The van der Waals surface area contributed by atoms with Crippen LogP contribution in [0, 0.1) is 0 Å². The molecule has 0 unspecified atom stereocenters. The second kappa shape index (κ2) is 6.72. The fourth-order valence-corrected chi connectivity index (χ4v) is 2.20. The topological polar surface area (TPSA) is 71.1 Å². The molecule has 0 spiro atoms. The highest BCUT2D eigenvalue weighted by atomic mass is 79.9. The van der Waals surface area contributed by atoms with Gasteiger partial charge in [-0.2, -0.15) is 13.2 Å². The molecule has 0 fully saturated rings. The van der Waals surface area contributed by atoms with Gasteiger partial charge in [-0.25, -0.2) is 18.1 Å². The van der Waals surface area contributed by atoms with Gasteiger partial charge >= 0.3 is 6.18 Å². The van der Waals surface area contributed by atoms with E-state index in [4.69, 9.17) is 0 Å². The number of alkyl halides is 3. The zero-order valence-electron chi connectivity index (χ0n) is 10.5. The van der Waals surface area contributed by atoms with Crippen LogP contribution in [0.5, 0.6) is 0 Å². The molecule has 0 aromatic carbocycles. The maximum absolute atomic E-state index is 12.8. The van der Waals surface area contributed by atoms with Gasteiger partial charge in [0, 0.05) is 23.8 Å². The van der Waals surface area contributed by atoms with Crippen molar-refractivity contribution in [2.24, 2.45) is 0 Å². The molecule has 1 rings (SSSR count). The van der Waals surface area contributed by atoms with Crippen molar-refractivity contribution >= 4 is 31.8 Å². The lowest BCUT2D eigenvalue weighted by Gasteiger charge is -2.13. The number of nitrogens with zero attached hydrogens (tertiary/aromatic N) is 1. The van der Waals surface area contributed by atoms with Crippen molar-refractivity contribution in [1.82, 2.24) is 9.71 Å². The van der Waals surface area contributed by atoms with Crippen molar-refractivity contribution in [3.63, 3.8) is 0 Å². The third kappa shape index (κ3) is 6.06. The minimum Gasteiger partial charge on any atom is -0.370 e. The molecule has 0 aliphatic heterocycles. The van der Waals surface area contributed by atoms with E-state index < -0.39 is 21.8 Å². The Hall–Kier alpha value is -0.870. The standard InChI is InChI=1S/C10H13BrF3N3O2S/c1-20(18,19)17-4-2-3-15-9-8(10(12,13)14)5-7(11)6-16-9/h5-6,17H,2-4H2,1H3,(H,15,16). The zero-order valence-corrected chi connectivity index (χ0v) is 12.9. The Labute approximate surface area is 123 Å². The summed E-state index contributed by atoms with van der Waals surface area (Å²) in [6.45, 7) is 0.309. The van der Waals surface area contributed by atoms with Crippen molar-refractivity contribution in [3.8, 4) is 0 Å². The van der Waals surface area contributed by atoms with Crippen LogP contribution in [0.25, 0.3) is 0 Å². The number of anilines is 1. The predicted octanol–water partition coefficient (Wildman–Crippen LogP) is 2.21. The van der Waals surface area contributed by atoms with Crippen molar-refractivity contribution < 1.29 is 21.6 Å². The van der Waals surface area contributed by atoms with Crippen LogP contribution < -0.4 is 10.0 Å². The molecule has 0 atom stereocenters. The summed E-state index contributed by atoms with van der Waals surface area (Å²) in [7, 11) is -3.29. The van der Waals surface area contributed by atoms with Crippen LogP contribution in [-0.2, 0) is 16.2 Å². The van der Waals surface area contributed by atoms with Crippen molar-refractivity contribution in [3.05, 3.63) is 22.3 Å². The number of hydrogen-bond acceptors (Lipinski definition) is 4. The molecule has 0 saturated carbocycles. The first-order chi connectivity index (χ1) is 9.09. The molecule has 0 aliphatic rings. The fraction of sp³-hybridized carbons (Fsp3) is 0.500. The first-order valence-electron chi connectivity index (χ1n) is 5.51. The van der Waals surface area contributed by atoms with E-state index in [1.807, 2.05) is 0 Å². The molecular formula is C10H13BrF3N3O2S. The van der Waals surface area contributed by atoms with E-state index >= 15 is 0 Å². The smallest absolute Gasteiger partial charge is 0.370 e. The fourth-order valence-electron chi connectivity index (χ4n) is 1.35. The SMILES string of the molecule is CS(=O)(=O)NCCCNc1ncc(Br)cc1C(F)(F)F. The summed E-state index contributed by atoms with van der Waals surface area (Å²) >= 11 is 2.94. The average molecular weight is 376 g/mol. The summed E-state index contributed by atoms with van der Waals surface area (Å²) in [6.07, 6.45) is -1.91. The second-order valence-corrected chi connectivity index (χ2v) is 6.74. The van der Waals surface area contributed by atoms with Crippen LogP contribution >= 0.6 is 15.9 Å². The molecule has 5 nitrogen and oxygen atoms in total. The van der Waals surface area contributed by atoms with Gasteiger partial charge in [-0.3, -0.25) is 0 Å². The van der Waals surface area contributed by atoms with Crippen LogP contribution in [0.2, 0.25) is 0 Å². The molecule has 1 heterocycles. The van der Waals surface area contributed by atoms with E-state index in [9.17, 15) is 21.6 Å². The van der Waals surface area contributed by atoms with Gasteiger partial charge in [0.1, 0.15) is 5.82 Å². The third-order valence-corrected chi connectivity index (χ3v) is 3.33. The predicted molar refractivity (Wildman–Crippen MR) is 72.9 cm³/mol. The van der Waals surface area contributed by atoms with Crippen LogP contribution in [0.1, 0.15) is 12.0 Å². The van der Waals surface area contributed by atoms with Gasteiger partial charge in [0.2, 0.25) is 10.0 Å². The van der Waals surface area contributed by atoms with Crippen LogP contribution in [-0.4, -0.2) is 32.7 Å². The maximum Gasteiger partial charge on any atom is 0.419 e. The van der Waals surface area contributed by atoms with Crippen molar-refractivity contribution in [1.29, 1.82) is 0 Å². The van der Waals surface area contributed by atoms with E-state index in [0.29, 0.717) is 6.42 Å². The Balaban J connectivity index is 2.60. The van der Waals surface area contributed by atoms with Gasteiger partial charge < -0.3 is 5.32 Å². The summed E-state index contributed by atoms with van der Waals surface area (Å²) < 4.78 is 62.4. The largest absolute Gasteiger partial charge is 0.419 e. The number of aromatic nitrogens is 1. The molecule has 0 bridgehead atoms. The number of pyridine rings is 1. The Bertz CT molecular complexity index is 563. The lowest BCUT2D eigenvalue weighted by Crippen LogP contribution is -2.24. The second-order valence-electron chi connectivity index (χ2n) is 3.99. The molecule has 1 aromatic rings. The molecule has 0 amide bonds. The van der Waals surface area contributed by atoms with E-state index in [0.717, 1.165) is 12.3 Å². The van der Waals surface area contributed by atoms with Gasteiger partial charge in [0.05, 0.1) is 11.8 Å². The van der Waals surface area contributed by atoms with Gasteiger partial charge in [0.25, 0.3) is 0 Å². The lowest BCUT2D eigenvalue weighted by molar-refractivity contribution is -0.137. The Morgan fingerprint density at radius 3 is 2.55 bits per heavy atom. The summed E-state index contributed by atoms with van der Waals surface area (Å²) in [4.78, 5) is 3.67. The molecule has 2 N–H and O–H groups in total. The number of nitrogens with one attached hydrogen (secondary N) is 2. The van der Waals surface area contributed by atoms with E-state index in [1.165, 1.54) is 6.20 Å². The van der Waals surface area contributed by atoms with E-state index in [1.54, 1.807) is 0 Å². The quantitative estimate of drug-likeness (QED) is 0.747. The Morgan fingerprint density at radius 1 is 1.35 bits per heavy atom. The minimum atomic E-state index is -4.51. The summed E-state index contributed by atoms with van der Waals surface area (Å²) in [5, 5.41) is 2.55. The van der Waals surface area contributed by atoms with E-state index in [2.05, 4.69) is 31.0 Å². The highest BCUT2D eigenvalue weighted by Gasteiger charge is 2.34. The Morgan fingerprint density at radius 2 is 2.00 bits per heavy atom. The van der Waals surface area contributed by atoms with Gasteiger partial charge in [-0.15, -0.1) is 0 Å². The maximum atomic E-state index is 12.8. The van der Waals surface area contributed by atoms with Crippen LogP contribution in [0.3, 0.4) is 0 Å². The molecular weight excluding hydrogens is 363 g/mol. The molecule has 114 valence electrons. The van der Waals surface area contributed by atoms with Crippen LogP contribution in [0.15, 0.2) is 16.7 Å². The van der Waals surface area contributed by atoms with Crippen molar-refractivity contribution in [2.75, 3.05) is 24.7 Å². The van der Waals surface area contributed by atoms with E-state index in [-0.39, 0.29) is 23.4 Å². The molecule has 0 aliphatic carbocycles. The molecule has 1 aromatic heterocycles. The van der Waals surface area contributed by atoms with Crippen molar-refractivity contribution in [2.45, 2.75) is 12.6 Å². The number of hydrogen-bond donors (Lipinski definition) is 2.